The average Bonchev–Trinajstić information content (AvgIpc) is 2.25. The summed E-state index contributed by atoms with van der Waals surface area (Å²) in [4.78, 5) is 13.8. The van der Waals surface area contributed by atoms with Crippen LogP contribution >= 0.6 is 0 Å². The van der Waals surface area contributed by atoms with Crippen LogP contribution in [0.3, 0.4) is 0 Å². The quantitative estimate of drug-likeness (QED) is 0.586. The maximum atomic E-state index is 11.6. The Morgan fingerprint density at radius 2 is 1.94 bits per heavy atom. The van der Waals surface area contributed by atoms with Crippen molar-refractivity contribution in [3.05, 3.63) is 0 Å². The van der Waals surface area contributed by atoms with Crippen molar-refractivity contribution >= 4 is 5.91 Å². The summed E-state index contributed by atoms with van der Waals surface area (Å²) >= 11 is 0. The number of hydrogen-bond acceptors (Lipinski definition) is 3. The zero-order valence-electron chi connectivity index (χ0n) is 12.8. The molecule has 1 atom stereocenters. The number of primary amides is 1. The largest absolute Gasteiger partial charge is 0.368 e. The summed E-state index contributed by atoms with van der Waals surface area (Å²) in [7, 11) is 2.10. The van der Waals surface area contributed by atoms with Gasteiger partial charge >= 0.3 is 0 Å². The van der Waals surface area contributed by atoms with Gasteiger partial charge in [0.1, 0.15) is 0 Å². The highest BCUT2D eigenvalue weighted by Crippen LogP contribution is 2.11. The lowest BCUT2D eigenvalue weighted by atomic mass is 9.95. The van der Waals surface area contributed by atoms with E-state index in [0.717, 1.165) is 19.5 Å². The van der Waals surface area contributed by atoms with Crippen LogP contribution < -0.4 is 11.1 Å². The van der Waals surface area contributed by atoms with E-state index in [2.05, 4.69) is 24.2 Å². The lowest BCUT2D eigenvalue weighted by molar-refractivity contribution is -0.124. The third-order valence-corrected chi connectivity index (χ3v) is 3.29. The van der Waals surface area contributed by atoms with Gasteiger partial charge in [0.15, 0.2) is 0 Å². The molecule has 0 aromatic heterocycles. The van der Waals surface area contributed by atoms with Crippen LogP contribution in [0.15, 0.2) is 0 Å². The lowest BCUT2D eigenvalue weighted by Crippen LogP contribution is -2.56. The molecule has 0 aromatic carbocycles. The van der Waals surface area contributed by atoms with Gasteiger partial charge in [-0.25, -0.2) is 0 Å². The highest BCUT2D eigenvalue weighted by molar-refractivity contribution is 5.84. The van der Waals surface area contributed by atoms with Crippen LogP contribution in [-0.2, 0) is 4.79 Å². The second kappa shape index (κ2) is 8.48. The van der Waals surface area contributed by atoms with Crippen LogP contribution in [0.4, 0.5) is 0 Å². The standard InChI is InChI=1S/C14H31N3O/c1-6-7-8-10-17(5)11-9-14(4,13(15)18)16-12(2)3/h12,16H,6-11H2,1-5H3,(H2,15,18). The third kappa shape index (κ3) is 6.97. The molecule has 4 nitrogen and oxygen atoms in total. The summed E-state index contributed by atoms with van der Waals surface area (Å²) in [5, 5.41) is 3.28. The summed E-state index contributed by atoms with van der Waals surface area (Å²) in [6, 6.07) is 0.257. The molecule has 0 saturated carbocycles. The van der Waals surface area contributed by atoms with Crippen molar-refractivity contribution in [3.8, 4) is 0 Å². The molecule has 108 valence electrons. The van der Waals surface area contributed by atoms with Gasteiger partial charge in [0, 0.05) is 12.6 Å². The SMILES string of the molecule is CCCCCN(C)CCC(C)(NC(C)C)C(N)=O. The van der Waals surface area contributed by atoms with Gasteiger partial charge in [-0.05, 0) is 47.2 Å². The smallest absolute Gasteiger partial charge is 0.237 e. The average molecular weight is 257 g/mol. The molecule has 0 aliphatic rings. The second-order valence-corrected chi connectivity index (χ2v) is 5.76. The van der Waals surface area contributed by atoms with Crippen LogP contribution in [0.1, 0.15) is 53.4 Å². The Balaban J connectivity index is 4.14. The van der Waals surface area contributed by atoms with E-state index in [9.17, 15) is 4.79 Å². The van der Waals surface area contributed by atoms with E-state index in [4.69, 9.17) is 5.73 Å². The van der Waals surface area contributed by atoms with Gasteiger partial charge in [0.05, 0.1) is 5.54 Å². The van der Waals surface area contributed by atoms with Gasteiger partial charge < -0.3 is 16.0 Å². The molecule has 3 N–H and O–H groups in total. The first-order valence-electron chi connectivity index (χ1n) is 7.08. The van der Waals surface area contributed by atoms with Crippen molar-refractivity contribution in [1.29, 1.82) is 0 Å². The molecule has 1 amide bonds. The van der Waals surface area contributed by atoms with Crippen molar-refractivity contribution in [2.45, 2.75) is 65.0 Å². The Kier molecular flexibility index (Phi) is 8.20. The molecule has 0 heterocycles. The first-order chi connectivity index (χ1) is 8.31. The predicted molar refractivity (Wildman–Crippen MR) is 77.5 cm³/mol. The molecule has 0 aliphatic carbocycles. The Morgan fingerprint density at radius 1 is 1.33 bits per heavy atom. The molecule has 0 aliphatic heterocycles. The molecule has 0 radical (unpaired) electrons. The van der Waals surface area contributed by atoms with Gasteiger partial charge in [-0.1, -0.05) is 19.8 Å². The van der Waals surface area contributed by atoms with E-state index in [1.807, 2.05) is 20.8 Å². The Bertz CT molecular complexity index is 243. The summed E-state index contributed by atoms with van der Waals surface area (Å²) < 4.78 is 0. The van der Waals surface area contributed by atoms with Crippen LogP contribution in [0.5, 0.6) is 0 Å². The summed E-state index contributed by atoms with van der Waals surface area (Å²) in [5.41, 5.74) is 4.90. The molecule has 0 fully saturated rings. The van der Waals surface area contributed by atoms with Gasteiger partial charge in [-0.15, -0.1) is 0 Å². The molecule has 0 bridgehead atoms. The number of hydrogen-bond donors (Lipinski definition) is 2. The molecule has 0 saturated heterocycles. The van der Waals surface area contributed by atoms with Crippen molar-refractivity contribution < 1.29 is 4.79 Å². The highest BCUT2D eigenvalue weighted by atomic mass is 16.1. The Labute approximate surface area is 112 Å². The lowest BCUT2D eigenvalue weighted by Gasteiger charge is -2.31. The van der Waals surface area contributed by atoms with Gasteiger partial charge in [0.25, 0.3) is 0 Å². The number of nitrogens with two attached hydrogens (primary N) is 1. The van der Waals surface area contributed by atoms with Crippen molar-refractivity contribution in [2.24, 2.45) is 5.73 Å². The molecular formula is C14H31N3O. The minimum Gasteiger partial charge on any atom is -0.368 e. The zero-order chi connectivity index (χ0) is 14.2. The van der Waals surface area contributed by atoms with Gasteiger partial charge in [0.2, 0.25) is 5.91 Å². The summed E-state index contributed by atoms with van der Waals surface area (Å²) in [6.07, 6.45) is 4.48. The molecular weight excluding hydrogens is 226 g/mol. The maximum Gasteiger partial charge on any atom is 0.237 e. The maximum absolute atomic E-state index is 11.6. The minimum atomic E-state index is -0.604. The van der Waals surface area contributed by atoms with E-state index in [0.29, 0.717) is 0 Å². The van der Waals surface area contributed by atoms with Crippen LogP contribution in [0.25, 0.3) is 0 Å². The van der Waals surface area contributed by atoms with Crippen molar-refractivity contribution in [1.82, 2.24) is 10.2 Å². The number of rotatable bonds is 10. The third-order valence-electron chi connectivity index (χ3n) is 3.29. The van der Waals surface area contributed by atoms with E-state index in [1.165, 1.54) is 19.3 Å². The topological polar surface area (TPSA) is 58.4 Å². The van der Waals surface area contributed by atoms with Gasteiger partial charge in [-0.2, -0.15) is 0 Å². The fourth-order valence-corrected chi connectivity index (χ4v) is 2.06. The first-order valence-corrected chi connectivity index (χ1v) is 7.08. The predicted octanol–water partition coefficient (Wildman–Crippen LogP) is 1.74. The fourth-order valence-electron chi connectivity index (χ4n) is 2.06. The minimum absolute atomic E-state index is 0.257. The van der Waals surface area contributed by atoms with E-state index in [1.54, 1.807) is 0 Å². The molecule has 4 heteroatoms. The van der Waals surface area contributed by atoms with E-state index in [-0.39, 0.29) is 11.9 Å². The van der Waals surface area contributed by atoms with Crippen molar-refractivity contribution in [3.63, 3.8) is 0 Å². The molecule has 1 unspecified atom stereocenters. The molecule has 0 aromatic rings. The zero-order valence-corrected chi connectivity index (χ0v) is 12.8. The first kappa shape index (κ1) is 17.4. The highest BCUT2D eigenvalue weighted by Gasteiger charge is 2.31. The number of unbranched alkanes of at least 4 members (excludes halogenated alkanes) is 2. The summed E-state index contributed by atoms with van der Waals surface area (Å²) in [5.74, 6) is -0.266. The summed E-state index contributed by atoms with van der Waals surface area (Å²) in [6.45, 7) is 10.2. The van der Waals surface area contributed by atoms with E-state index < -0.39 is 5.54 Å². The molecule has 18 heavy (non-hydrogen) atoms. The number of carbonyl (C=O) groups excluding carboxylic acids is 1. The fraction of sp³-hybridized carbons (Fsp3) is 0.929. The van der Waals surface area contributed by atoms with Crippen LogP contribution in [-0.4, -0.2) is 42.5 Å². The molecule has 0 rings (SSSR count). The Hall–Kier alpha value is -0.610. The van der Waals surface area contributed by atoms with Crippen molar-refractivity contribution in [2.75, 3.05) is 20.1 Å². The van der Waals surface area contributed by atoms with Crippen LogP contribution in [0, 0.1) is 0 Å². The second-order valence-electron chi connectivity index (χ2n) is 5.76. The molecule has 0 spiro atoms. The Morgan fingerprint density at radius 3 is 2.39 bits per heavy atom. The normalized spacial score (nSPS) is 15.1. The number of carbonyl (C=O) groups is 1. The number of nitrogens with one attached hydrogen (secondary N) is 1. The number of nitrogens with zero attached hydrogens (tertiary/aromatic N) is 1. The van der Waals surface area contributed by atoms with Gasteiger partial charge in [-0.3, -0.25) is 4.79 Å². The van der Waals surface area contributed by atoms with E-state index >= 15 is 0 Å². The van der Waals surface area contributed by atoms with Crippen LogP contribution in [0.2, 0.25) is 0 Å². The number of amides is 1. The monoisotopic (exact) mass is 257 g/mol.